The van der Waals surface area contributed by atoms with E-state index in [1.54, 1.807) is 27.7 Å². The predicted molar refractivity (Wildman–Crippen MR) is 306 cm³/mol. The maximum atomic E-state index is 13.6. The quantitative estimate of drug-likeness (QED) is 0.0259. The number of amides is 2. The van der Waals surface area contributed by atoms with Gasteiger partial charge < -0.3 is 100 Å². The average Bonchev–Trinajstić information content (AvgIpc) is 3.23. The van der Waals surface area contributed by atoms with Gasteiger partial charge in [0.05, 0.1) is 106 Å². The minimum Gasteiger partial charge on any atom is -0.480 e. The lowest BCUT2D eigenvalue weighted by Gasteiger charge is -2.39. The number of aliphatic carboxylic acids is 4. The highest BCUT2D eigenvalue weighted by Gasteiger charge is 2.36. The maximum Gasteiger partial charge on any atom is 0.320 e. The Morgan fingerprint density at radius 1 is 0.395 bits per heavy atom. The minimum absolute atomic E-state index is 0.0352. The van der Waals surface area contributed by atoms with Crippen LogP contribution in [0.5, 0.6) is 0 Å². The zero-order chi connectivity index (χ0) is 64.9. The van der Waals surface area contributed by atoms with Crippen LogP contribution in [-0.4, -0.2) is 324 Å². The Bertz CT molecular complexity index is 1790. The number of aliphatic hydroxyl groups excluding tert-OH is 8. The van der Waals surface area contributed by atoms with E-state index in [1.807, 2.05) is 0 Å². The molecule has 1 aliphatic heterocycles. The molecular formula is C56H102N6O24. The Balaban J connectivity index is 3.71. The van der Waals surface area contributed by atoms with Crippen molar-refractivity contribution in [2.45, 2.75) is 103 Å². The minimum atomic E-state index is -1.45. The SMILES string of the molecule is CC(CO)(CO)COCC(CNC(=O)CCC(C(=O)O)N1CCN(C(CCC=O)C(=O)O)CCN(C(CCC=O)C(=O)O)CCN(C(CCC(=O)NCC(COCC(C)(CO)CO)COCC(C)(CO)CO)C(=O)O)CC1)COCC(C)(CO)CO. The van der Waals surface area contributed by atoms with Crippen LogP contribution in [0, 0.1) is 33.5 Å². The molecule has 0 aromatic carbocycles. The Morgan fingerprint density at radius 3 is 0.791 bits per heavy atom. The molecule has 1 fully saturated rings. The summed E-state index contributed by atoms with van der Waals surface area (Å²) < 4.78 is 23.2. The van der Waals surface area contributed by atoms with Crippen molar-refractivity contribution in [2.75, 3.05) is 171 Å². The van der Waals surface area contributed by atoms with Gasteiger partial charge in [0.1, 0.15) is 36.7 Å². The average molecular weight is 1240 g/mol. The number of aliphatic hydroxyl groups is 8. The van der Waals surface area contributed by atoms with E-state index in [4.69, 9.17) is 18.9 Å². The molecule has 500 valence electrons. The van der Waals surface area contributed by atoms with Crippen LogP contribution >= 0.6 is 0 Å². The van der Waals surface area contributed by atoms with Crippen LogP contribution in [-0.2, 0) is 57.3 Å². The second kappa shape index (κ2) is 42.4. The fourth-order valence-electron chi connectivity index (χ4n) is 9.04. The molecule has 2 amide bonds. The van der Waals surface area contributed by atoms with Gasteiger partial charge in [0, 0.05) is 125 Å². The summed E-state index contributed by atoms with van der Waals surface area (Å²) in [5, 5.41) is 126. The molecule has 0 saturated carbocycles. The van der Waals surface area contributed by atoms with E-state index in [0.717, 1.165) is 0 Å². The fraction of sp³-hybridized carbons (Fsp3) is 0.857. The summed E-state index contributed by atoms with van der Waals surface area (Å²) in [6, 6.07) is -5.52. The molecular weight excluding hydrogens is 1140 g/mol. The second-order valence-electron chi connectivity index (χ2n) is 24.0. The Hall–Kier alpha value is -4.48. The Morgan fingerprint density at radius 2 is 0.605 bits per heavy atom. The monoisotopic (exact) mass is 1240 g/mol. The van der Waals surface area contributed by atoms with E-state index in [2.05, 4.69) is 10.6 Å². The van der Waals surface area contributed by atoms with Crippen molar-refractivity contribution in [3.05, 3.63) is 0 Å². The first-order valence-corrected chi connectivity index (χ1v) is 29.2. The van der Waals surface area contributed by atoms with Gasteiger partial charge in [-0.05, 0) is 25.7 Å². The molecule has 30 nitrogen and oxygen atoms in total. The first-order valence-electron chi connectivity index (χ1n) is 29.2. The van der Waals surface area contributed by atoms with Crippen molar-refractivity contribution in [1.82, 2.24) is 30.2 Å². The van der Waals surface area contributed by atoms with Crippen molar-refractivity contribution in [2.24, 2.45) is 33.5 Å². The molecule has 30 heteroatoms. The van der Waals surface area contributed by atoms with Gasteiger partial charge in [0.25, 0.3) is 0 Å². The van der Waals surface area contributed by atoms with E-state index < -0.39 is 146 Å². The molecule has 0 aromatic heterocycles. The van der Waals surface area contributed by atoms with Crippen LogP contribution in [0.3, 0.4) is 0 Å². The highest BCUT2D eigenvalue weighted by molar-refractivity contribution is 5.79. The Kier molecular flexibility index (Phi) is 39.3. The molecule has 4 unspecified atom stereocenters. The second-order valence-corrected chi connectivity index (χ2v) is 24.0. The third kappa shape index (κ3) is 30.1. The molecule has 0 aliphatic carbocycles. The van der Waals surface area contributed by atoms with E-state index >= 15 is 0 Å². The van der Waals surface area contributed by atoms with Crippen molar-refractivity contribution < 1.29 is 119 Å². The number of hydrogen-bond acceptors (Lipinski definition) is 24. The van der Waals surface area contributed by atoms with Gasteiger partial charge in [0.2, 0.25) is 11.8 Å². The van der Waals surface area contributed by atoms with Crippen LogP contribution in [0.25, 0.3) is 0 Å². The summed E-state index contributed by atoms with van der Waals surface area (Å²) in [6.45, 7) is 1.26. The molecule has 0 radical (unpaired) electrons. The summed E-state index contributed by atoms with van der Waals surface area (Å²) >= 11 is 0. The van der Waals surface area contributed by atoms with E-state index in [1.165, 1.54) is 19.6 Å². The third-order valence-electron chi connectivity index (χ3n) is 15.5. The van der Waals surface area contributed by atoms with Gasteiger partial charge in [-0.3, -0.25) is 48.4 Å². The molecule has 86 heavy (non-hydrogen) atoms. The van der Waals surface area contributed by atoms with E-state index in [-0.39, 0.29) is 170 Å². The largest absolute Gasteiger partial charge is 0.480 e. The van der Waals surface area contributed by atoms with Gasteiger partial charge >= 0.3 is 23.9 Å². The number of nitrogens with one attached hydrogen (secondary N) is 2. The topological polar surface area (TPSA) is 453 Å². The van der Waals surface area contributed by atoms with Crippen LogP contribution < -0.4 is 10.6 Å². The van der Waals surface area contributed by atoms with Gasteiger partial charge in [-0.2, -0.15) is 0 Å². The normalized spacial score (nSPS) is 16.6. The smallest absolute Gasteiger partial charge is 0.320 e. The number of nitrogens with zero attached hydrogens (tertiary/aromatic N) is 4. The number of ether oxygens (including phenoxy) is 4. The van der Waals surface area contributed by atoms with E-state index in [9.17, 15) is 99.6 Å². The third-order valence-corrected chi connectivity index (χ3v) is 15.5. The lowest BCUT2D eigenvalue weighted by molar-refractivity contribution is -0.148. The zero-order valence-corrected chi connectivity index (χ0v) is 50.7. The van der Waals surface area contributed by atoms with Crippen LogP contribution in [0.1, 0.15) is 79.1 Å². The van der Waals surface area contributed by atoms with Crippen LogP contribution in [0.2, 0.25) is 0 Å². The van der Waals surface area contributed by atoms with Crippen molar-refractivity contribution in [3.63, 3.8) is 0 Å². The molecule has 1 aliphatic rings. The van der Waals surface area contributed by atoms with E-state index in [0.29, 0.717) is 12.6 Å². The summed E-state index contributed by atoms with van der Waals surface area (Å²) in [7, 11) is 0. The first kappa shape index (κ1) is 79.5. The molecule has 0 bridgehead atoms. The summed E-state index contributed by atoms with van der Waals surface area (Å²) in [5.41, 5.74) is -3.94. The number of rotatable bonds is 48. The van der Waals surface area contributed by atoms with Gasteiger partial charge in [0.15, 0.2) is 0 Å². The number of carboxylic acid groups (broad SMARTS) is 4. The molecule has 0 spiro atoms. The molecule has 1 saturated heterocycles. The lowest BCUT2D eigenvalue weighted by Crippen LogP contribution is -2.56. The molecule has 14 N–H and O–H groups in total. The molecule has 4 atom stereocenters. The summed E-state index contributed by atoms with van der Waals surface area (Å²) in [5.74, 6) is -7.70. The van der Waals surface area contributed by atoms with Gasteiger partial charge in [-0.1, -0.05) is 27.7 Å². The molecule has 1 rings (SSSR count). The number of carbonyl (C=O) groups excluding carboxylic acids is 4. The van der Waals surface area contributed by atoms with Gasteiger partial charge in [-0.25, -0.2) is 0 Å². The highest BCUT2D eigenvalue weighted by atomic mass is 16.5. The zero-order valence-electron chi connectivity index (χ0n) is 50.7. The molecule has 0 aromatic rings. The Labute approximate surface area is 503 Å². The van der Waals surface area contributed by atoms with Crippen molar-refractivity contribution >= 4 is 48.3 Å². The standard InChI is InChI=1S/C56H102N6O24/c1-53(29-65,30-66)37-83-25-41(26-84-38-54(2,31-67)32-68)23-57-47(73)11-9-45(51(79)80)61-17-15-59(43(49(75)76)7-5-21-63)13-14-60(44(50(77)78)8-6-22-64)16-18-62(20-19-61)46(52(81)82)10-12-48(74)58-24-42(27-85-39-55(3,33-69)34-70)28-86-40-56(4,35-71)36-72/h21-22,41-46,65-72H,5-20,23-40H2,1-4H3,(H,57,73)(H,58,74)(H,75,76)(H,77,78)(H,79,80)(H,81,82). The van der Waals surface area contributed by atoms with Crippen LogP contribution in [0.15, 0.2) is 0 Å². The number of aldehydes is 2. The maximum absolute atomic E-state index is 13.6. The van der Waals surface area contributed by atoms with Crippen molar-refractivity contribution in [3.8, 4) is 0 Å². The van der Waals surface area contributed by atoms with Gasteiger partial charge in [-0.15, -0.1) is 0 Å². The predicted octanol–water partition coefficient (Wildman–Crippen LogP) is -3.97. The van der Waals surface area contributed by atoms with Crippen molar-refractivity contribution in [1.29, 1.82) is 0 Å². The summed E-state index contributed by atoms with van der Waals surface area (Å²) in [6.07, 6.45) is -0.973. The molecule has 1 heterocycles. The van der Waals surface area contributed by atoms with Crippen LogP contribution in [0.4, 0.5) is 0 Å². The first-order chi connectivity index (χ1) is 40.7. The lowest BCUT2D eigenvalue weighted by atomic mass is 9.94. The number of hydrogen-bond donors (Lipinski definition) is 14. The summed E-state index contributed by atoms with van der Waals surface area (Å²) in [4.78, 5) is 109. The highest BCUT2D eigenvalue weighted by Crippen LogP contribution is 2.22. The number of carboxylic acids is 4. The fourth-order valence-corrected chi connectivity index (χ4v) is 9.04. The number of carbonyl (C=O) groups is 8.